The van der Waals surface area contributed by atoms with Gasteiger partial charge < -0.3 is 5.32 Å². The number of anilines is 1. The van der Waals surface area contributed by atoms with E-state index in [4.69, 9.17) is 11.6 Å². The van der Waals surface area contributed by atoms with Crippen LogP contribution in [0.15, 0.2) is 24.4 Å². The van der Waals surface area contributed by atoms with Gasteiger partial charge in [-0.15, -0.1) is 0 Å². The van der Waals surface area contributed by atoms with E-state index in [-0.39, 0.29) is 0 Å². The Morgan fingerprint density at radius 3 is 2.82 bits per heavy atom. The highest BCUT2D eigenvalue weighted by atomic mass is 127. The number of benzene rings is 1. The van der Waals surface area contributed by atoms with Crippen molar-refractivity contribution >= 4 is 39.9 Å². The van der Waals surface area contributed by atoms with Crippen LogP contribution in [0, 0.1) is 10.5 Å². The van der Waals surface area contributed by atoms with E-state index < -0.39 is 0 Å². The molecule has 5 heteroatoms. The second-order valence-corrected chi connectivity index (χ2v) is 5.51. The number of halogens is 2. The van der Waals surface area contributed by atoms with E-state index in [2.05, 4.69) is 39.9 Å². The van der Waals surface area contributed by atoms with E-state index >= 15 is 0 Å². The summed E-state index contributed by atoms with van der Waals surface area (Å²) in [6.45, 7) is 2.79. The molecule has 0 unspecified atom stereocenters. The van der Waals surface area contributed by atoms with E-state index in [1.165, 1.54) is 11.3 Å². The Balaban J connectivity index is 2.10. The monoisotopic (exact) mass is 361 g/mol. The summed E-state index contributed by atoms with van der Waals surface area (Å²) in [5.74, 6) is 0. The zero-order chi connectivity index (χ0) is 12.4. The molecule has 0 aliphatic heterocycles. The minimum Gasteiger partial charge on any atom is -0.380 e. The first-order valence-corrected chi connectivity index (χ1v) is 6.70. The molecule has 0 bridgehead atoms. The highest BCUT2D eigenvalue weighted by Crippen LogP contribution is 2.24. The molecular formula is C12H13ClIN3. The lowest BCUT2D eigenvalue weighted by Gasteiger charge is -2.08. The largest absolute Gasteiger partial charge is 0.380 e. The lowest BCUT2D eigenvalue weighted by molar-refractivity contribution is 0.738. The first-order chi connectivity index (χ1) is 8.08. The van der Waals surface area contributed by atoms with Crippen molar-refractivity contribution in [3.63, 3.8) is 0 Å². The van der Waals surface area contributed by atoms with Gasteiger partial charge in [-0.3, -0.25) is 4.68 Å². The molecule has 0 saturated carbocycles. The van der Waals surface area contributed by atoms with Crippen LogP contribution in [0.3, 0.4) is 0 Å². The average Bonchev–Trinajstić information content (AvgIpc) is 2.59. The van der Waals surface area contributed by atoms with Crippen LogP contribution in [-0.4, -0.2) is 9.78 Å². The molecule has 0 saturated heterocycles. The summed E-state index contributed by atoms with van der Waals surface area (Å²) in [4.78, 5) is 0. The Hall–Kier alpha value is -0.750. The average molecular weight is 362 g/mol. The fraction of sp³-hybridized carbons (Fsp3) is 0.250. The second-order valence-electron chi connectivity index (χ2n) is 3.86. The van der Waals surface area contributed by atoms with Gasteiger partial charge in [-0.1, -0.05) is 11.6 Å². The van der Waals surface area contributed by atoms with Crippen LogP contribution in [0.25, 0.3) is 0 Å². The summed E-state index contributed by atoms with van der Waals surface area (Å²) in [6, 6.07) is 5.97. The predicted molar refractivity (Wildman–Crippen MR) is 79.4 cm³/mol. The van der Waals surface area contributed by atoms with Gasteiger partial charge in [0.05, 0.1) is 16.9 Å². The summed E-state index contributed by atoms with van der Waals surface area (Å²) < 4.78 is 3.00. The third kappa shape index (κ3) is 2.93. The molecule has 1 heterocycles. The van der Waals surface area contributed by atoms with E-state index in [1.54, 1.807) is 0 Å². The summed E-state index contributed by atoms with van der Waals surface area (Å²) in [5, 5.41) is 8.28. The topological polar surface area (TPSA) is 29.9 Å². The van der Waals surface area contributed by atoms with Gasteiger partial charge in [-0.25, -0.2) is 0 Å². The molecule has 17 heavy (non-hydrogen) atoms. The Morgan fingerprint density at radius 2 is 2.24 bits per heavy atom. The maximum atomic E-state index is 6.15. The summed E-state index contributed by atoms with van der Waals surface area (Å²) in [5.41, 5.74) is 3.30. The van der Waals surface area contributed by atoms with Crippen molar-refractivity contribution in [1.82, 2.24) is 9.78 Å². The van der Waals surface area contributed by atoms with Crippen molar-refractivity contribution in [2.75, 3.05) is 5.32 Å². The molecule has 0 amide bonds. The van der Waals surface area contributed by atoms with Crippen LogP contribution in [-0.2, 0) is 13.6 Å². The normalized spacial score (nSPS) is 10.6. The van der Waals surface area contributed by atoms with Crippen LogP contribution in [0.5, 0.6) is 0 Å². The zero-order valence-electron chi connectivity index (χ0n) is 9.67. The third-order valence-electron chi connectivity index (χ3n) is 2.74. The fourth-order valence-corrected chi connectivity index (χ4v) is 2.46. The Morgan fingerprint density at radius 1 is 1.47 bits per heavy atom. The highest BCUT2D eigenvalue weighted by molar-refractivity contribution is 14.1. The van der Waals surface area contributed by atoms with Gasteiger partial charge in [0, 0.05) is 28.4 Å². The standard InChI is InChI=1S/C12H13ClIN3/c1-8-9(7-16-17(8)2)6-15-12-4-3-10(14)5-11(12)13/h3-5,7,15H,6H2,1-2H3. The number of aryl methyl sites for hydroxylation is 1. The molecule has 0 aliphatic rings. The van der Waals surface area contributed by atoms with Gasteiger partial charge in [-0.2, -0.15) is 5.10 Å². The number of aromatic nitrogens is 2. The van der Waals surface area contributed by atoms with Gasteiger partial charge in [0.2, 0.25) is 0 Å². The molecule has 0 fully saturated rings. The van der Waals surface area contributed by atoms with Crippen molar-refractivity contribution < 1.29 is 0 Å². The Bertz CT molecular complexity index is 537. The van der Waals surface area contributed by atoms with Crippen LogP contribution in [0.2, 0.25) is 5.02 Å². The Kier molecular flexibility index (Phi) is 3.93. The first-order valence-electron chi connectivity index (χ1n) is 5.24. The lowest BCUT2D eigenvalue weighted by Crippen LogP contribution is -2.02. The zero-order valence-corrected chi connectivity index (χ0v) is 12.6. The predicted octanol–water partition coefficient (Wildman–Crippen LogP) is 3.60. The Labute approximate surface area is 119 Å². The molecule has 0 aliphatic carbocycles. The van der Waals surface area contributed by atoms with E-state index in [0.29, 0.717) is 0 Å². The number of hydrogen-bond acceptors (Lipinski definition) is 2. The first kappa shape index (κ1) is 12.7. The fourth-order valence-electron chi connectivity index (χ4n) is 1.54. The molecule has 1 aromatic carbocycles. The lowest BCUT2D eigenvalue weighted by atomic mass is 10.2. The van der Waals surface area contributed by atoms with Crippen molar-refractivity contribution in [3.8, 4) is 0 Å². The molecule has 2 aromatic rings. The molecule has 90 valence electrons. The number of hydrogen-bond donors (Lipinski definition) is 1. The van der Waals surface area contributed by atoms with Gasteiger partial charge in [0.25, 0.3) is 0 Å². The number of rotatable bonds is 3. The van der Waals surface area contributed by atoms with Gasteiger partial charge in [-0.05, 0) is 47.7 Å². The maximum Gasteiger partial charge on any atom is 0.0648 e. The van der Waals surface area contributed by atoms with Gasteiger partial charge >= 0.3 is 0 Å². The van der Waals surface area contributed by atoms with Crippen LogP contribution in [0.4, 0.5) is 5.69 Å². The molecule has 3 nitrogen and oxygen atoms in total. The quantitative estimate of drug-likeness (QED) is 0.847. The molecule has 1 N–H and O–H groups in total. The van der Waals surface area contributed by atoms with Crippen molar-refractivity contribution in [1.29, 1.82) is 0 Å². The smallest absolute Gasteiger partial charge is 0.0648 e. The molecule has 2 rings (SSSR count). The summed E-state index contributed by atoms with van der Waals surface area (Å²) in [7, 11) is 1.94. The highest BCUT2D eigenvalue weighted by Gasteiger charge is 2.05. The van der Waals surface area contributed by atoms with Crippen LogP contribution < -0.4 is 5.32 Å². The summed E-state index contributed by atoms with van der Waals surface area (Å²) in [6.07, 6.45) is 1.88. The molecule has 1 aromatic heterocycles. The SMILES string of the molecule is Cc1c(CNc2ccc(I)cc2Cl)cnn1C. The van der Waals surface area contributed by atoms with Crippen LogP contribution in [0.1, 0.15) is 11.3 Å². The third-order valence-corrected chi connectivity index (χ3v) is 3.72. The van der Waals surface area contributed by atoms with Crippen LogP contribution >= 0.6 is 34.2 Å². The molecule has 0 atom stereocenters. The van der Waals surface area contributed by atoms with Crippen molar-refractivity contribution in [2.45, 2.75) is 13.5 Å². The minimum absolute atomic E-state index is 0.736. The van der Waals surface area contributed by atoms with Crippen molar-refractivity contribution in [2.24, 2.45) is 7.05 Å². The molecular weight excluding hydrogens is 349 g/mol. The number of nitrogens with one attached hydrogen (secondary N) is 1. The maximum absolute atomic E-state index is 6.15. The minimum atomic E-state index is 0.736. The van der Waals surface area contributed by atoms with E-state index in [1.807, 2.05) is 36.1 Å². The van der Waals surface area contributed by atoms with E-state index in [0.717, 1.165) is 20.8 Å². The summed E-state index contributed by atoms with van der Waals surface area (Å²) >= 11 is 8.40. The van der Waals surface area contributed by atoms with Crippen molar-refractivity contribution in [3.05, 3.63) is 44.2 Å². The van der Waals surface area contributed by atoms with Gasteiger partial charge in [0.15, 0.2) is 0 Å². The van der Waals surface area contributed by atoms with Gasteiger partial charge in [0.1, 0.15) is 0 Å². The second kappa shape index (κ2) is 5.27. The van der Waals surface area contributed by atoms with E-state index in [9.17, 15) is 0 Å². The molecule has 0 spiro atoms. The molecule has 0 radical (unpaired) electrons. The number of nitrogens with zero attached hydrogens (tertiary/aromatic N) is 2.